The summed E-state index contributed by atoms with van der Waals surface area (Å²) in [5.41, 5.74) is 1.30. The fourth-order valence-electron chi connectivity index (χ4n) is 1.77. The normalized spacial score (nSPS) is 12.9. The number of hydrogen-bond acceptors (Lipinski definition) is 3. The van der Waals surface area contributed by atoms with E-state index in [0.29, 0.717) is 6.04 Å². The molecule has 1 aromatic carbocycles. The summed E-state index contributed by atoms with van der Waals surface area (Å²) in [6, 6.07) is 8.70. The number of nitrogens with zero attached hydrogens (tertiary/aromatic N) is 1. The van der Waals surface area contributed by atoms with Crippen LogP contribution >= 0.6 is 15.9 Å². The van der Waals surface area contributed by atoms with Crippen LogP contribution in [0.25, 0.3) is 0 Å². The summed E-state index contributed by atoms with van der Waals surface area (Å²) >= 11 is 3.58. The van der Waals surface area contributed by atoms with Gasteiger partial charge in [0.15, 0.2) is 0 Å². The van der Waals surface area contributed by atoms with Crippen LogP contribution in [0.2, 0.25) is 0 Å². The molecule has 0 radical (unpaired) electrons. The SMILES string of the molecule is COCCN(C)CCNC(C)c1ccccc1Br. The van der Waals surface area contributed by atoms with Gasteiger partial charge in [0.2, 0.25) is 0 Å². The Morgan fingerprint density at radius 1 is 1.33 bits per heavy atom. The van der Waals surface area contributed by atoms with Gasteiger partial charge in [-0.2, -0.15) is 0 Å². The van der Waals surface area contributed by atoms with E-state index >= 15 is 0 Å². The Bertz CT molecular complexity index is 346. The Morgan fingerprint density at radius 2 is 2.06 bits per heavy atom. The first-order valence-electron chi connectivity index (χ1n) is 6.30. The molecule has 4 heteroatoms. The molecule has 18 heavy (non-hydrogen) atoms. The molecule has 1 atom stereocenters. The zero-order chi connectivity index (χ0) is 13.4. The second kappa shape index (κ2) is 8.64. The van der Waals surface area contributed by atoms with Crippen LogP contribution in [0, 0.1) is 0 Å². The summed E-state index contributed by atoms with van der Waals surface area (Å²) in [5.74, 6) is 0. The Hall–Kier alpha value is -0.420. The third-order valence-electron chi connectivity index (χ3n) is 2.99. The summed E-state index contributed by atoms with van der Waals surface area (Å²) in [7, 11) is 3.85. The van der Waals surface area contributed by atoms with E-state index in [9.17, 15) is 0 Å². The van der Waals surface area contributed by atoms with Crippen LogP contribution < -0.4 is 5.32 Å². The van der Waals surface area contributed by atoms with Crippen molar-refractivity contribution in [1.82, 2.24) is 10.2 Å². The lowest BCUT2D eigenvalue weighted by atomic mass is 10.1. The highest BCUT2D eigenvalue weighted by Crippen LogP contribution is 2.22. The first-order chi connectivity index (χ1) is 8.65. The maximum Gasteiger partial charge on any atom is 0.0589 e. The number of methoxy groups -OCH3 is 1. The van der Waals surface area contributed by atoms with Crippen molar-refractivity contribution in [3.05, 3.63) is 34.3 Å². The van der Waals surface area contributed by atoms with Gasteiger partial charge in [-0.1, -0.05) is 34.1 Å². The van der Waals surface area contributed by atoms with Crippen LogP contribution in [-0.2, 0) is 4.74 Å². The second-order valence-electron chi connectivity index (χ2n) is 4.49. The van der Waals surface area contributed by atoms with Crippen molar-refractivity contribution < 1.29 is 4.74 Å². The molecular formula is C14H23BrN2O. The predicted molar refractivity (Wildman–Crippen MR) is 79.9 cm³/mol. The average molecular weight is 315 g/mol. The van der Waals surface area contributed by atoms with Gasteiger partial charge in [0.25, 0.3) is 0 Å². The number of hydrogen-bond donors (Lipinski definition) is 1. The van der Waals surface area contributed by atoms with Crippen molar-refractivity contribution in [3.63, 3.8) is 0 Å². The van der Waals surface area contributed by atoms with Crippen molar-refractivity contribution in [2.75, 3.05) is 40.4 Å². The van der Waals surface area contributed by atoms with Gasteiger partial charge in [0.05, 0.1) is 6.61 Å². The number of ether oxygens (including phenoxy) is 1. The first-order valence-corrected chi connectivity index (χ1v) is 7.09. The topological polar surface area (TPSA) is 24.5 Å². The van der Waals surface area contributed by atoms with E-state index in [4.69, 9.17) is 4.74 Å². The molecular weight excluding hydrogens is 292 g/mol. The zero-order valence-corrected chi connectivity index (χ0v) is 13.0. The second-order valence-corrected chi connectivity index (χ2v) is 5.35. The number of benzene rings is 1. The smallest absolute Gasteiger partial charge is 0.0589 e. The van der Waals surface area contributed by atoms with Crippen molar-refractivity contribution in [3.8, 4) is 0 Å². The minimum absolute atomic E-state index is 0.358. The minimum atomic E-state index is 0.358. The molecule has 0 amide bonds. The van der Waals surface area contributed by atoms with E-state index in [0.717, 1.165) is 30.7 Å². The van der Waals surface area contributed by atoms with E-state index in [1.165, 1.54) is 5.56 Å². The molecule has 1 rings (SSSR count). The van der Waals surface area contributed by atoms with Crippen LogP contribution in [0.5, 0.6) is 0 Å². The minimum Gasteiger partial charge on any atom is -0.383 e. The van der Waals surface area contributed by atoms with Crippen molar-refractivity contribution in [2.45, 2.75) is 13.0 Å². The van der Waals surface area contributed by atoms with E-state index in [-0.39, 0.29) is 0 Å². The number of rotatable bonds is 8. The third-order valence-corrected chi connectivity index (χ3v) is 3.72. The molecule has 0 bridgehead atoms. The van der Waals surface area contributed by atoms with Gasteiger partial charge in [-0.15, -0.1) is 0 Å². The van der Waals surface area contributed by atoms with Gasteiger partial charge in [-0.3, -0.25) is 0 Å². The largest absolute Gasteiger partial charge is 0.383 e. The lowest BCUT2D eigenvalue weighted by molar-refractivity contribution is 0.161. The molecule has 0 saturated carbocycles. The van der Waals surface area contributed by atoms with Crippen LogP contribution in [0.15, 0.2) is 28.7 Å². The maximum atomic E-state index is 5.06. The van der Waals surface area contributed by atoms with E-state index < -0.39 is 0 Å². The molecule has 3 nitrogen and oxygen atoms in total. The summed E-state index contributed by atoms with van der Waals surface area (Å²) in [6.45, 7) is 5.95. The summed E-state index contributed by atoms with van der Waals surface area (Å²) in [5, 5.41) is 3.53. The Kier molecular flexibility index (Phi) is 7.51. The zero-order valence-electron chi connectivity index (χ0n) is 11.4. The highest BCUT2D eigenvalue weighted by Gasteiger charge is 2.07. The predicted octanol–water partition coefficient (Wildman–Crippen LogP) is 2.68. The fourth-order valence-corrected chi connectivity index (χ4v) is 2.40. The van der Waals surface area contributed by atoms with Gasteiger partial charge in [-0.25, -0.2) is 0 Å². The van der Waals surface area contributed by atoms with E-state index in [1.807, 2.05) is 6.07 Å². The van der Waals surface area contributed by atoms with E-state index in [1.54, 1.807) is 7.11 Å². The standard InChI is InChI=1S/C14H23BrN2O/c1-12(13-6-4-5-7-14(13)15)16-8-9-17(2)10-11-18-3/h4-7,12,16H,8-11H2,1-3H3. The van der Waals surface area contributed by atoms with Gasteiger partial charge in [0, 0.05) is 37.3 Å². The Labute approximate surface area is 119 Å². The van der Waals surface area contributed by atoms with Crippen LogP contribution in [0.1, 0.15) is 18.5 Å². The number of likely N-dealkylation sites (N-methyl/N-ethyl adjacent to an activating group) is 1. The summed E-state index contributed by atoms with van der Waals surface area (Å²) < 4.78 is 6.22. The lowest BCUT2D eigenvalue weighted by Crippen LogP contribution is -2.32. The number of halogens is 1. The molecule has 0 fully saturated rings. The lowest BCUT2D eigenvalue weighted by Gasteiger charge is -2.20. The first kappa shape index (κ1) is 15.6. The maximum absolute atomic E-state index is 5.06. The highest BCUT2D eigenvalue weighted by molar-refractivity contribution is 9.10. The molecule has 0 spiro atoms. The average Bonchev–Trinajstić information content (AvgIpc) is 2.36. The molecule has 0 aromatic heterocycles. The highest BCUT2D eigenvalue weighted by atomic mass is 79.9. The molecule has 0 aliphatic carbocycles. The molecule has 1 unspecified atom stereocenters. The third kappa shape index (κ3) is 5.48. The van der Waals surface area contributed by atoms with Gasteiger partial charge >= 0.3 is 0 Å². The van der Waals surface area contributed by atoms with Crippen molar-refractivity contribution in [2.24, 2.45) is 0 Å². The van der Waals surface area contributed by atoms with Gasteiger partial charge < -0.3 is 15.0 Å². The molecule has 0 saturated heterocycles. The van der Waals surface area contributed by atoms with Crippen molar-refractivity contribution in [1.29, 1.82) is 0 Å². The van der Waals surface area contributed by atoms with Crippen LogP contribution in [0.3, 0.4) is 0 Å². The molecule has 0 aliphatic rings. The molecule has 1 aromatic rings. The fraction of sp³-hybridized carbons (Fsp3) is 0.571. The quantitative estimate of drug-likeness (QED) is 0.798. The van der Waals surface area contributed by atoms with E-state index in [2.05, 4.69) is 58.3 Å². The van der Waals surface area contributed by atoms with Gasteiger partial charge in [0.1, 0.15) is 0 Å². The van der Waals surface area contributed by atoms with Crippen LogP contribution in [-0.4, -0.2) is 45.3 Å². The monoisotopic (exact) mass is 314 g/mol. The summed E-state index contributed by atoms with van der Waals surface area (Å²) in [6.07, 6.45) is 0. The van der Waals surface area contributed by atoms with Gasteiger partial charge in [-0.05, 0) is 25.6 Å². The number of nitrogens with one attached hydrogen (secondary N) is 1. The molecule has 0 heterocycles. The summed E-state index contributed by atoms with van der Waals surface area (Å²) in [4.78, 5) is 2.27. The van der Waals surface area contributed by atoms with Crippen LogP contribution in [0.4, 0.5) is 0 Å². The molecule has 102 valence electrons. The van der Waals surface area contributed by atoms with Crippen molar-refractivity contribution >= 4 is 15.9 Å². The Balaban J connectivity index is 2.29. The Morgan fingerprint density at radius 3 is 2.72 bits per heavy atom. The molecule has 1 N–H and O–H groups in total. The molecule has 0 aliphatic heterocycles.